The molecule has 0 spiro atoms. The lowest BCUT2D eigenvalue weighted by Gasteiger charge is -2.31. The molecule has 1 aromatic carbocycles. The van der Waals surface area contributed by atoms with E-state index >= 15 is 0 Å². The minimum atomic E-state index is -0.0189. The Hall–Kier alpha value is -2.36. The second-order valence-corrected chi connectivity index (χ2v) is 12.7. The number of amides is 1. The summed E-state index contributed by atoms with van der Waals surface area (Å²) in [5.41, 5.74) is 5.44. The molecule has 0 saturated carbocycles. The Bertz CT molecular complexity index is 1360. The smallest absolute Gasteiger partial charge is 0.255 e. The number of likely N-dealkylation sites (tertiary alicyclic amines) is 1. The Kier molecular flexibility index (Phi) is 6.44. The van der Waals surface area contributed by atoms with Gasteiger partial charge in [-0.15, -0.1) is 18.5 Å². The Balaban J connectivity index is 1.50. The monoisotopic (exact) mass is 509 g/mol. The van der Waals surface area contributed by atoms with E-state index < -0.39 is 0 Å². The maximum Gasteiger partial charge on any atom is 0.255 e. The molecule has 0 bridgehead atoms. The van der Waals surface area contributed by atoms with Crippen LogP contribution in [0.3, 0.4) is 0 Å². The Morgan fingerprint density at radius 3 is 2.69 bits per heavy atom. The van der Waals surface area contributed by atoms with Gasteiger partial charge in [0, 0.05) is 37.5 Å². The van der Waals surface area contributed by atoms with Gasteiger partial charge in [0.25, 0.3) is 5.56 Å². The van der Waals surface area contributed by atoms with Crippen LogP contribution in [0, 0.1) is 0 Å². The first-order chi connectivity index (χ1) is 16.7. The topological polar surface area (TPSA) is 80.1 Å². The van der Waals surface area contributed by atoms with Gasteiger partial charge in [-0.05, 0) is 61.3 Å². The molecule has 3 atom stereocenters. The lowest BCUT2D eigenvalue weighted by atomic mass is 9.89. The number of nitrogens with zero attached hydrogens (tertiary/aromatic N) is 4. The zero-order valence-electron chi connectivity index (χ0n) is 20.5. The summed E-state index contributed by atoms with van der Waals surface area (Å²) in [6.45, 7) is 5.13. The summed E-state index contributed by atoms with van der Waals surface area (Å²) in [7, 11) is 7.75. The fourth-order valence-electron chi connectivity index (χ4n) is 5.68. The normalized spacial score (nSPS) is 18.5. The second-order valence-electron chi connectivity index (χ2n) is 9.98. The molecule has 1 fully saturated rings. The Morgan fingerprint density at radius 1 is 1.23 bits per heavy atom. The molecule has 0 radical (unpaired) electrons. The zero-order chi connectivity index (χ0) is 24.9. The van der Waals surface area contributed by atoms with Crippen LogP contribution in [0.15, 0.2) is 35.4 Å². The van der Waals surface area contributed by atoms with Crippen molar-refractivity contribution in [2.24, 2.45) is 7.05 Å². The second kappa shape index (κ2) is 9.26. The summed E-state index contributed by atoms with van der Waals surface area (Å²) in [5.74, 6) is 0.949. The van der Waals surface area contributed by atoms with E-state index in [2.05, 4.69) is 58.9 Å². The molecule has 5 rings (SSSR count). The number of carbonyl (C=O) groups excluding carboxylic acids is 1. The molecule has 184 valence electrons. The van der Waals surface area contributed by atoms with Gasteiger partial charge in [-0.2, -0.15) is 0 Å². The number of benzene rings is 1. The van der Waals surface area contributed by atoms with Gasteiger partial charge in [0.2, 0.25) is 5.91 Å². The summed E-state index contributed by atoms with van der Waals surface area (Å²) in [5, 5.41) is 4.48. The highest BCUT2D eigenvalue weighted by atomic mass is 31.1. The predicted molar refractivity (Wildman–Crippen MR) is 147 cm³/mol. The zero-order valence-corrected chi connectivity index (χ0v) is 22.9. The van der Waals surface area contributed by atoms with Gasteiger partial charge in [-0.1, -0.05) is 18.2 Å². The van der Waals surface area contributed by atoms with Crippen LogP contribution in [-0.4, -0.2) is 38.4 Å². The summed E-state index contributed by atoms with van der Waals surface area (Å²) in [6.07, 6.45) is 5.23. The number of hydrogen-bond donors (Lipinski definition) is 1. The number of nitrogens with one attached hydrogen (secondary N) is 1. The van der Waals surface area contributed by atoms with Gasteiger partial charge < -0.3 is 10.2 Å². The first kappa shape index (κ1) is 24.3. The first-order valence-electron chi connectivity index (χ1n) is 12.2. The van der Waals surface area contributed by atoms with Crippen LogP contribution in [-0.2, 0) is 23.2 Å². The molecule has 2 unspecified atom stereocenters. The predicted octanol–water partition coefficient (Wildman–Crippen LogP) is 4.08. The lowest BCUT2D eigenvalue weighted by molar-refractivity contribution is -0.129. The highest BCUT2D eigenvalue weighted by Gasteiger charge is 2.32. The van der Waals surface area contributed by atoms with Crippen molar-refractivity contribution in [3.05, 3.63) is 63.2 Å². The van der Waals surface area contributed by atoms with E-state index in [0.717, 1.165) is 42.5 Å². The van der Waals surface area contributed by atoms with Crippen molar-refractivity contribution >= 4 is 41.2 Å². The minimum Gasteiger partial charge on any atom is -0.363 e. The van der Waals surface area contributed by atoms with E-state index in [-0.39, 0.29) is 28.3 Å². The fourth-order valence-corrected chi connectivity index (χ4v) is 6.51. The van der Waals surface area contributed by atoms with Gasteiger partial charge in [0.05, 0.1) is 11.4 Å². The molecule has 3 heterocycles. The molecule has 9 heteroatoms. The van der Waals surface area contributed by atoms with Gasteiger partial charge in [0.15, 0.2) is 0 Å². The maximum atomic E-state index is 13.2. The number of aryl methyl sites for hydroxylation is 1. The molecule has 2 aromatic heterocycles. The van der Waals surface area contributed by atoms with Crippen LogP contribution in [0.25, 0.3) is 11.0 Å². The Labute approximate surface area is 210 Å². The third kappa shape index (κ3) is 4.38. The molecule has 1 aliphatic heterocycles. The van der Waals surface area contributed by atoms with E-state index in [1.807, 2.05) is 11.0 Å². The summed E-state index contributed by atoms with van der Waals surface area (Å²) in [6, 6.07) is 8.57. The van der Waals surface area contributed by atoms with Crippen LogP contribution in [0.5, 0.6) is 0 Å². The molecule has 7 nitrogen and oxygen atoms in total. The number of rotatable bonds is 4. The van der Waals surface area contributed by atoms with Crippen LogP contribution in [0.4, 0.5) is 5.82 Å². The highest BCUT2D eigenvalue weighted by Crippen LogP contribution is 2.50. The SMILES string of the molecule is CC(=O)N1CCC(c2cc3c(N[C@H](C)c4cccc5c4CCC5(P)P)ncnc3n(C)c2=O)CC1. The number of pyridine rings is 1. The third-order valence-corrected chi connectivity index (χ3v) is 8.93. The molecule has 1 N–H and O–H groups in total. The van der Waals surface area contributed by atoms with Crippen molar-refractivity contribution in [2.75, 3.05) is 18.4 Å². The maximum absolute atomic E-state index is 13.2. The molecule has 35 heavy (non-hydrogen) atoms. The largest absolute Gasteiger partial charge is 0.363 e. The van der Waals surface area contributed by atoms with E-state index in [9.17, 15) is 9.59 Å². The van der Waals surface area contributed by atoms with Crippen molar-refractivity contribution in [3.63, 3.8) is 0 Å². The van der Waals surface area contributed by atoms with E-state index in [0.29, 0.717) is 18.7 Å². The highest BCUT2D eigenvalue weighted by molar-refractivity contribution is 7.39. The first-order valence-corrected chi connectivity index (χ1v) is 13.4. The van der Waals surface area contributed by atoms with E-state index in [1.165, 1.54) is 23.0 Å². The molecule has 1 aliphatic carbocycles. The summed E-state index contributed by atoms with van der Waals surface area (Å²) < 4.78 is 1.64. The van der Waals surface area contributed by atoms with E-state index in [4.69, 9.17) is 0 Å². The van der Waals surface area contributed by atoms with Crippen molar-refractivity contribution in [1.29, 1.82) is 0 Å². The van der Waals surface area contributed by atoms with Crippen molar-refractivity contribution in [2.45, 2.75) is 56.4 Å². The number of hydrogen-bond acceptors (Lipinski definition) is 5. The number of piperidine rings is 1. The van der Waals surface area contributed by atoms with Crippen LogP contribution in [0.1, 0.15) is 67.3 Å². The molecular weight excluding hydrogens is 476 g/mol. The van der Waals surface area contributed by atoms with Crippen LogP contribution >= 0.6 is 18.5 Å². The van der Waals surface area contributed by atoms with Crippen molar-refractivity contribution in [3.8, 4) is 0 Å². The number of carbonyl (C=O) groups is 1. The fraction of sp³-hybridized carbons (Fsp3) is 0.462. The van der Waals surface area contributed by atoms with Crippen LogP contribution in [0.2, 0.25) is 0 Å². The summed E-state index contributed by atoms with van der Waals surface area (Å²) in [4.78, 5) is 35.9. The van der Waals surface area contributed by atoms with E-state index in [1.54, 1.807) is 18.5 Å². The summed E-state index contributed by atoms with van der Waals surface area (Å²) >= 11 is 0. The van der Waals surface area contributed by atoms with Gasteiger partial charge >= 0.3 is 0 Å². The van der Waals surface area contributed by atoms with Crippen molar-refractivity contribution < 1.29 is 4.79 Å². The number of aromatic nitrogens is 3. The Morgan fingerprint density at radius 2 is 1.97 bits per heavy atom. The van der Waals surface area contributed by atoms with Crippen LogP contribution < -0.4 is 10.9 Å². The average Bonchev–Trinajstić information content (AvgIpc) is 3.16. The van der Waals surface area contributed by atoms with Crippen molar-refractivity contribution in [1.82, 2.24) is 19.4 Å². The minimum absolute atomic E-state index is 0.0189. The number of fused-ring (bicyclic) bond motifs is 2. The standard InChI is InChI=1S/C26H33N5O2P2/c1-15(18-5-4-6-22-19(18)7-10-26(22,34)35)29-23-21-13-20(17-8-11-31(12-9-17)16(2)32)25(33)30(3)24(21)28-14-27-23/h4-6,13-15,17H,7-12,34-35H2,1-3H3,(H,27,28,29)/t15-/m1/s1. The molecule has 1 amide bonds. The third-order valence-electron chi connectivity index (χ3n) is 7.73. The quantitative estimate of drug-likeness (QED) is 0.537. The lowest BCUT2D eigenvalue weighted by Crippen LogP contribution is -2.38. The molecular formula is C26H33N5O2P2. The molecule has 3 aromatic rings. The average molecular weight is 510 g/mol. The van der Waals surface area contributed by atoms with Gasteiger partial charge in [-0.3, -0.25) is 14.2 Å². The molecule has 2 aliphatic rings. The number of anilines is 1. The molecule has 1 saturated heterocycles. The van der Waals surface area contributed by atoms with Gasteiger partial charge in [0.1, 0.15) is 17.8 Å². The van der Waals surface area contributed by atoms with Gasteiger partial charge in [-0.25, -0.2) is 9.97 Å².